The Labute approximate surface area is 114 Å². The lowest BCUT2D eigenvalue weighted by Gasteiger charge is -2.12. The number of rotatable bonds is 6. The standard InChI is InChI=1S/C11H13N6O3/c1-18-8-4-7(5-9(19-2)10(8)20-3)6-12-13-11-14-16-17-15-11/h4-6H,1-3H3,(H-,13,14,15,16,17)/q-1/b12-6-. The Morgan fingerprint density at radius 3 is 2.35 bits per heavy atom. The van der Waals surface area contributed by atoms with Gasteiger partial charge in [0.1, 0.15) is 0 Å². The van der Waals surface area contributed by atoms with Gasteiger partial charge in [-0.1, -0.05) is 0 Å². The number of ether oxygens (including phenoxy) is 3. The van der Waals surface area contributed by atoms with E-state index in [0.717, 1.165) is 5.56 Å². The van der Waals surface area contributed by atoms with Crippen molar-refractivity contribution in [2.75, 3.05) is 21.3 Å². The average Bonchev–Trinajstić information content (AvgIpc) is 2.99. The van der Waals surface area contributed by atoms with Crippen LogP contribution in [0.3, 0.4) is 0 Å². The third-order valence-electron chi connectivity index (χ3n) is 2.38. The molecule has 0 saturated heterocycles. The highest BCUT2D eigenvalue weighted by Gasteiger charge is 2.12. The summed E-state index contributed by atoms with van der Waals surface area (Å²) in [4.78, 5) is 0. The Kier molecular flexibility index (Phi) is 4.32. The van der Waals surface area contributed by atoms with E-state index in [-0.39, 0.29) is 5.95 Å². The zero-order chi connectivity index (χ0) is 14.4. The van der Waals surface area contributed by atoms with Gasteiger partial charge in [0.15, 0.2) is 11.5 Å². The highest BCUT2D eigenvalue weighted by Crippen LogP contribution is 2.37. The molecule has 9 heteroatoms. The molecule has 0 spiro atoms. The molecule has 2 rings (SSSR count). The molecule has 1 aromatic heterocycles. The molecule has 0 radical (unpaired) electrons. The lowest BCUT2D eigenvalue weighted by molar-refractivity contribution is 0.324. The molecule has 0 fully saturated rings. The SMILES string of the molecule is COc1cc(/C=N\[N-]c2nn[nH]n2)cc(OC)c1OC. The Morgan fingerprint density at radius 2 is 1.85 bits per heavy atom. The molecule has 0 bridgehead atoms. The quantitative estimate of drug-likeness (QED) is 0.629. The van der Waals surface area contributed by atoms with Gasteiger partial charge in [-0.25, -0.2) is 5.10 Å². The van der Waals surface area contributed by atoms with Gasteiger partial charge in [-0.3, -0.25) is 20.8 Å². The molecule has 20 heavy (non-hydrogen) atoms. The molecule has 9 nitrogen and oxygen atoms in total. The van der Waals surface area contributed by atoms with Gasteiger partial charge < -0.3 is 14.2 Å². The number of hydrogen-bond donors (Lipinski definition) is 1. The van der Waals surface area contributed by atoms with Crippen molar-refractivity contribution in [2.45, 2.75) is 0 Å². The first-order chi connectivity index (χ1) is 9.78. The van der Waals surface area contributed by atoms with Crippen LogP contribution < -0.4 is 14.2 Å². The summed E-state index contributed by atoms with van der Waals surface area (Å²) in [7, 11) is 4.63. The summed E-state index contributed by atoms with van der Waals surface area (Å²) in [6.07, 6.45) is 1.51. The minimum Gasteiger partial charge on any atom is -0.493 e. The second kappa shape index (κ2) is 6.36. The number of nitrogens with zero attached hydrogens (tertiary/aromatic N) is 5. The van der Waals surface area contributed by atoms with Crippen molar-refractivity contribution in [3.63, 3.8) is 0 Å². The number of nitrogens with one attached hydrogen (secondary N) is 1. The van der Waals surface area contributed by atoms with Crippen molar-refractivity contribution in [3.8, 4) is 17.2 Å². The first kappa shape index (κ1) is 13.6. The van der Waals surface area contributed by atoms with Crippen molar-refractivity contribution in [1.29, 1.82) is 0 Å². The summed E-state index contributed by atoms with van der Waals surface area (Å²) >= 11 is 0. The van der Waals surface area contributed by atoms with E-state index in [2.05, 4.69) is 31.2 Å². The number of tetrazole rings is 1. The number of methoxy groups -OCH3 is 3. The van der Waals surface area contributed by atoms with Crippen LogP contribution in [0.25, 0.3) is 5.43 Å². The molecular weight excluding hydrogens is 264 g/mol. The van der Waals surface area contributed by atoms with Crippen LogP contribution in [0.5, 0.6) is 17.2 Å². The maximum absolute atomic E-state index is 5.23. The van der Waals surface area contributed by atoms with Crippen LogP contribution in [0.4, 0.5) is 5.95 Å². The Morgan fingerprint density at radius 1 is 1.15 bits per heavy atom. The fourth-order valence-corrected chi connectivity index (χ4v) is 1.52. The number of benzene rings is 1. The molecule has 0 amide bonds. The van der Waals surface area contributed by atoms with Crippen LogP contribution in [0.2, 0.25) is 0 Å². The zero-order valence-electron chi connectivity index (χ0n) is 11.2. The molecule has 0 unspecified atom stereocenters. The van der Waals surface area contributed by atoms with E-state index in [1.165, 1.54) is 6.21 Å². The second-order valence-electron chi connectivity index (χ2n) is 3.52. The zero-order valence-corrected chi connectivity index (χ0v) is 11.2. The van der Waals surface area contributed by atoms with E-state index in [1.807, 2.05) is 0 Å². The van der Waals surface area contributed by atoms with Crippen LogP contribution in [0, 0.1) is 0 Å². The predicted octanol–water partition coefficient (Wildman–Crippen LogP) is 1.26. The molecule has 0 aliphatic carbocycles. The predicted molar refractivity (Wildman–Crippen MR) is 70.9 cm³/mol. The molecule has 1 heterocycles. The summed E-state index contributed by atoms with van der Waals surface area (Å²) < 4.78 is 15.7. The maximum atomic E-state index is 5.23. The molecule has 1 aromatic carbocycles. The largest absolute Gasteiger partial charge is 0.493 e. The van der Waals surface area contributed by atoms with E-state index in [9.17, 15) is 0 Å². The number of aromatic nitrogens is 4. The van der Waals surface area contributed by atoms with Gasteiger partial charge in [0.25, 0.3) is 0 Å². The first-order valence-corrected chi connectivity index (χ1v) is 5.56. The van der Waals surface area contributed by atoms with Gasteiger partial charge in [0.2, 0.25) is 5.75 Å². The molecule has 1 N–H and O–H groups in total. The molecule has 2 aromatic rings. The third-order valence-corrected chi connectivity index (χ3v) is 2.38. The van der Waals surface area contributed by atoms with E-state index in [0.29, 0.717) is 17.2 Å². The van der Waals surface area contributed by atoms with Crippen molar-refractivity contribution < 1.29 is 14.2 Å². The minimum absolute atomic E-state index is 0.147. The summed E-state index contributed by atoms with van der Waals surface area (Å²) in [5, 5.41) is 16.8. The molecule has 0 atom stereocenters. The van der Waals surface area contributed by atoms with Crippen LogP contribution in [-0.4, -0.2) is 48.2 Å². The van der Waals surface area contributed by atoms with Crippen LogP contribution in [-0.2, 0) is 0 Å². The summed E-state index contributed by atoms with van der Waals surface area (Å²) in [6.45, 7) is 0. The summed E-state index contributed by atoms with van der Waals surface area (Å²) in [5.41, 5.74) is 4.48. The molecule has 0 saturated carbocycles. The first-order valence-electron chi connectivity index (χ1n) is 5.56. The second-order valence-corrected chi connectivity index (χ2v) is 3.52. The number of aromatic amines is 1. The van der Waals surface area contributed by atoms with E-state index in [4.69, 9.17) is 14.2 Å². The van der Waals surface area contributed by atoms with Crippen LogP contribution in [0.1, 0.15) is 5.56 Å². The lowest BCUT2D eigenvalue weighted by Crippen LogP contribution is -1.96. The monoisotopic (exact) mass is 277 g/mol. The Hall–Kier alpha value is -2.84. The van der Waals surface area contributed by atoms with Gasteiger partial charge in [0.05, 0.1) is 27.3 Å². The van der Waals surface area contributed by atoms with Crippen LogP contribution >= 0.6 is 0 Å². The van der Waals surface area contributed by atoms with Crippen molar-refractivity contribution in [1.82, 2.24) is 20.6 Å². The van der Waals surface area contributed by atoms with E-state index >= 15 is 0 Å². The van der Waals surface area contributed by atoms with Crippen molar-refractivity contribution in [2.24, 2.45) is 5.10 Å². The smallest absolute Gasteiger partial charge is 0.203 e. The number of H-pyrrole nitrogens is 1. The van der Waals surface area contributed by atoms with Gasteiger partial charge >= 0.3 is 0 Å². The molecule has 0 aliphatic rings. The third kappa shape index (κ3) is 2.94. The van der Waals surface area contributed by atoms with Gasteiger partial charge in [-0.2, -0.15) is 0 Å². The Bertz CT molecular complexity index is 559. The lowest BCUT2D eigenvalue weighted by atomic mass is 10.2. The topological polar surface area (TPSA) is 109 Å². The molecule has 0 aliphatic heterocycles. The number of hydrogen-bond acceptors (Lipinski definition) is 7. The van der Waals surface area contributed by atoms with E-state index in [1.54, 1.807) is 33.5 Å². The highest BCUT2D eigenvalue weighted by atomic mass is 16.5. The van der Waals surface area contributed by atoms with Gasteiger partial charge in [0, 0.05) is 11.8 Å². The summed E-state index contributed by atoms with van der Waals surface area (Å²) in [5.74, 6) is 1.73. The average molecular weight is 277 g/mol. The fraction of sp³-hybridized carbons (Fsp3) is 0.273. The molecule has 106 valence electrons. The van der Waals surface area contributed by atoms with E-state index < -0.39 is 0 Å². The minimum atomic E-state index is 0.147. The Balaban J connectivity index is 2.21. The normalized spacial score (nSPS) is 10.6. The van der Waals surface area contributed by atoms with Crippen molar-refractivity contribution in [3.05, 3.63) is 23.1 Å². The van der Waals surface area contributed by atoms with Gasteiger partial charge in [-0.05, 0) is 12.1 Å². The summed E-state index contributed by atoms with van der Waals surface area (Å²) in [6, 6.07) is 3.49. The van der Waals surface area contributed by atoms with Gasteiger partial charge in [-0.15, -0.1) is 5.21 Å². The highest BCUT2D eigenvalue weighted by molar-refractivity contribution is 5.83. The maximum Gasteiger partial charge on any atom is 0.203 e. The van der Waals surface area contributed by atoms with Crippen molar-refractivity contribution >= 4 is 12.2 Å². The molecular formula is C11H13N6O3-. The van der Waals surface area contributed by atoms with Crippen LogP contribution in [0.15, 0.2) is 17.2 Å². The fourth-order valence-electron chi connectivity index (χ4n) is 1.52.